The van der Waals surface area contributed by atoms with Crippen molar-refractivity contribution in [2.45, 2.75) is 59.4 Å². The van der Waals surface area contributed by atoms with Gasteiger partial charge in [-0.15, -0.1) is 0 Å². The predicted octanol–water partition coefficient (Wildman–Crippen LogP) is 5.02. The molecular weight excluding hydrogens is 524 g/mol. The van der Waals surface area contributed by atoms with Crippen LogP contribution in [0, 0.1) is 5.92 Å². The molecule has 4 heterocycles. The van der Waals surface area contributed by atoms with Crippen molar-refractivity contribution in [3.8, 4) is 5.69 Å². The number of aryl methyl sites for hydroxylation is 2. The Bertz CT molecular complexity index is 1480. The van der Waals surface area contributed by atoms with E-state index in [2.05, 4.69) is 54.3 Å². The third kappa shape index (κ3) is 4.98. The zero-order chi connectivity index (χ0) is 28.6. The average molecular weight is 563 g/mol. The highest BCUT2D eigenvalue weighted by Gasteiger charge is 2.31. The minimum absolute atomic E-state index is 0.0555. The fraction of sp³-hybridized carbons (Fsp3) is 0.484. The summed E-state index contributed by atoms with van der Waals surface area (Å²) in [7, 11) is 0. The summed E-state index contributed by atoms with van der Waals surface area (Å²) >= 11 is 6.96. The lowest BCUT2D eigenvalue weighted by molar-refractivity contribution is -0.126. The zero-order valence-corrected chi connectivity index (χ0v) is 24.7. The molecule has 0 aliphatic carbocycles. The fourth-order valence-corrected chi connectivity index (χ4v) is 6.47. The van der Waals surface area contributed by atoms with E-state index in [1.807, 2.05) is 19.1 Å². The molecule has 5 rings (SSSR count). The van der Waals surface area contributed by atoms with Gasteiger partial charge < -0.3 is 14.7 Å². The van der Waals surface area contributed by atoms with Crippen LogP contribution < -0.4 is 15.5 Å². The van der Waals surface area contributed by atoms with E-state index < -0.39 is 0 Å². The zero-order valence-electron chi connectivity index (χ0n) is 24.0. The monoisotopic (exact) mass is 562 g/mol. The maximum Gasteiger partial charge on any atom is 0.355 e. The quantitative estimate of drug-likeness (QED) is 0.377. The van der Waals surface area contributed by atoms with Crippen LogP contribution >= 0.6 is 11.6 Å². The molecule has 3 aromatic rings. The highest BCUT2D eigenvalue weighted by Crippen LogP contribution is 2.36. The Morgan fingerprint density at radius 1 is 1.07 bits per heavy atom. The number of nitrogens with zero attached hydrogens (tertiary/aromatic N) is 6. The Kier molecular flexibility index (Phi) is 8.17. The van der Waals surface area contributed by atoms with Gasteiger partial charge in [0.25, 0.3) is 0 Å². The number of carbonyl (C=O) groups excluding carboxylic acids is 1. The molecule has 212 valence electrons. The van der Waals surface area contributed by atoms with E-state index in [0.29, 0.717) is 42.0 Å². The standard InChI is InChI=1S/C31H39ClN6O2/c1-6-21-13-14-36(19-21)30-25(32)17-24-28(37-16-15-35(18-20(37)5)26(39)9-4)34-31(40)38(29(24)33-30)27-22(7-2)11-10-12-23(27)8-3/h9-12,17,20-21H,4,6-8,13-16,18-19H2,1-3,5H3. The molecule has 2 saturated heterocycles. The third-order valence-electron chi connectivity index (χ3n) is 8.52. The molecule has 2 fully saturated rings. The van der Waals surface area contributed by atoms with Crippen LogP contribution in [-0.4, -0.2) is 64.1 Å². The Hall–Kier alpha value is -3.39. The SMILES string of the molecule is C=CC(=O)N1CCN(c2nc(=O)n(-c3c(CC)cccc3CC)c3nc(N4CCC(CC)C4)c(Cl)cc23)C(C)C1. The van der Waals surface area contributed by atoms with Crippen molar-refractivity contribution in [1.82, 2.24) is 19.4 Å². The molecule has 9 heteroatoms. The smallest absolute Gasteiger partial charge is 0.355 e. The third-order valence-corrected chi connectivity index (χ3v) is 8.80. The van der Waals surface area contributed by atoms with Crippen molar-refractivity contribution in [2.75, 3.05) is 42.5 Å². The molecule has 0 radical (unpaired) electrons. The summed E-state index contributed by atoms with van der Waals surface area (Å²) in [5.74, 6) is 1.80. The molecule has 0 spiro atoms. The Morgan fingerprint density at radius 3 is 2.40 bits per heavy atom. The van der Waals surface area contributed by atoms with E-state index in [1.54, 1.807) is 9.47 Å². The summed E-state index contributed by atoms with van der Waals surface area (Å²) in [6.07, 6.45) is 5.12. The first-order chi connectivity index (χ1) is 19.3. The number of halogens is 1. The van der Waals surface area contributed by atoms with E-state index in [1.165, 1.54) is 6.08 Å². The van der Waals surface area contributed by atoms with Crippen molar-refractivity contribution < 1.29 is 4.79 Å². The van der Waals surface area contributed by atoms with Gasteiger partial charge in [0.05, 0.1) is 16.1 Å². The maximum absolute atomic E-state index is 14.0. The Labute approximate surface area is 241 Å². The van der Waals surface area contributed by atoms with Crippen LogP contribution in [0.3, 0.4) is 0 Å². The van der Waals surface area contributed by atoms with E-state index in [9.17, 15) is 9.59 Å². The van der Waals surface area contributed by atoms with Crippen molar-refractivity contribution in [3.05, 3.63) is 63.6 Å². The van der Waals surface area contributed by atoms with Gasteiger partial charge in [-0.25, -0.2) is 14.3 Å². The molecule has 1 aromatic carbocycles. The molecular formula is C31H39ClN6O2. The second-order valence-electron chi connectivity index (χ2n) is 10.9. The summed E-state index contributed by atoms with van der Waals surface area (Å²) in [6.45, 7) is 15.5. The average Bonchev–Trinajstić information content (AvgIpc) is 3.45. The molecule has 0 N–H and O–H groups in total. The molecule has 2 aromatic heterocycles. The molecule has 40 heavy (non-hydrogen) atoms. The van der Waals surface area contributed by atoms with Gasteiger partial charge in [0, 0.05) is 38.8 Å². The van der Waals surface area contributed by atoms with Gasteiger partial charge >= 0.3 is 5.69 Å². The molecule has 0 bridgehead atoms. The highest BCUT2D eigenvalue weighted by molar-refractivity contribution is 6.33. The fourth-order valence-electron chi connectivity index (χ4n) is 6.20. The van der Waals surface area contributed by atoms with E-state index >= 15 is 0 Å². The van der Waals surface area contributed by atoms with Crippen LogP contribution in [0.1, 0.15) is 51.7 Å². The van der Waals surface area contributed by atoms with E-state index in [-0.39, 0.29) is 17.6 Å². The molecule has 8 nitrogen and oxygen atoms in total. The predicted molar refractivity (Wildman–Crippen MR) is 163 cm³/mol. The van der Waals surface area contributed by atoms with Gasteiger partial charge in [-0.2, -0.15) is 4.98 Å². The second kappa shape index (κ2) is 11.6. The number of pyridine rings is 1. The minimum Gasteiger partial charge on any atom is -0.355 e. The van der Waals surface area contributed by atoms with Crippen molar-refractivity contribution in [2.24, 2.45) is 5.92 Å². The van der Waals surface area contributed by atoms with Gasteiger partial charge in [0.15, 0.2) is 5.65 Å². The van der Waals surface area contributed by atoms with E-state index in [4.69, 9.17) is 16.6 Å². The Balaban J connectivity index is 1.74. The topological polar surface area (TPSA) is 74.6 Å². The first-order valence-electron chi connectivity index (χ1n) is 14.5. The van der Waals surface area contributed by atoms with Gasteiger partial charge in [-0.1, -0.05) is 63.6 Å². The molecule has 0 saturated carbocycles. The second-order valence-corrected chi connectivity index (χ2v) is 11.3. The number of carbonyl (C=O) groups is 1. The highest BCUT2D eigenvalue weighted by atomic mass is 35.5. The molecule has 2 aliphatic heterocycles. The largest absolute Gasteiger partial charge is 0.355 e. The summed E-state index contributed by atoms with van der Waals surface area (Å²) in [5.41, 5.74) is 3.23. The number of aromatic nitrogens is 3. The number of benzene rings is 1. The maximum atomic E-state index is 14.0. The normalized spacial score (nSPS) is 19.5. The van der Waals surface area contributed by atoms with Gasteiger partial charge in [0.1, 0.15) is 11.6 Å². The molecule has 2 atom stereocenters. The summed E-state index contributed by atoms with van der Waals surface area (Å²) < 4.78 is 1.70. The first-order valence-corrected chi connectivity index (χ1v) is 14.9. The number of rotatable bonds is 7. The van der Waals surface area contributed by atoms with Crippen molar-refractivity contribution in [3.63, 3.8) is 0 Å². The number of anilines is 2. The van der Waals surface area contributed by atoms with Crippen LogP contribution in [0.5, 0.6) is 0 Å². The molecule has 1 amide bonds. The number of hydrogen-bond acceptors (Lipinski definition) is 6. The van der Waals surface area contributed by atoms with Gasteiger partial charge in [0.2, 0.25) is 5.91 Å². The lowest BCUT2D eigenvalue weighted by atomic mass is 10.0. The number of amides is 1. The van der Waals surface area contributed by atoms with Crippen LogP contribution in [0.2, 0.25) is 5.02 Å². The van der Waals surface area contributed by atoms with Crippen LogP contribution in [0.4, 0.5) is 11.6 Å². The van der Waals surface area contributed by atoms with Gasteiger partial charge in [-0.3, -0.25) is 4.79 Å². The summed E-state index contributed by atoms with van der Waals surface area (Å²) in [5, 5.41) is 1.30. The van der Waals surface area contributed by atoms with Crippen LogP contribution in [-0.2, 0) is 17.6 Å². The number of piperazine rings is 1. The molecule has 2 unspecified atom stereocenters. The lowest BCUT2D eigenvalue weighted by Crippen LogP contribution is -2.54. The van der Waals surface area contributed by atoms with Crippen molar-refractivity contribution in [1.29, 1.82) is 0 Å². The summed E-state index contributed by atoms with van der Waals surface area (Å²) in [6, 6.07) is 8.07. The van der Waals surface area contributed by atoms with Crippen molar-refractivity contribution >= 4 is 40.2 Å². The molecule has 2 aliphatic rings. The van der Waals surface area contributed by atoms with Crippen LogP contribution in [0.25, 0.3) is 16.7 Å². The number of fused-ring (bicyclic) bond motifs is 1. The van der Waals surface area contributed by atoms with E-state index in [0.717, 1.165) is 66.8 Å². The lowest BCUT2D eigenvalue weighted by Gasteiger charge is -2.40. The Morgan fingerprint density at radius 2 is 1.80 bits per heavy atom. The minimum atomic E-state index is -0.358. The number of para-hydroxylation sites is 1. The van der Waals surface area contributed by atoms with Crippen LogP contribution in [0.15, 0.2) is 41.7 Å². The first kappa shape index (κ1) is 28.1. The summed E-state index contributed by atoms with van der Waals surface area (Å²) in [4.78, 5) is 42.3. The van der Waals surface area contributed by atoms with Gasteiger partial charge in [-0.05, 0) is 55.4 Å². The number of hydrogen-bond donors (Lipinski definition) is 0.